The van der Waals surface area contributed by atoms with E-state index in [1.54, 1.807) is 0 Å². The molecule has 4 atom stereocenters. The number of carbonyl (C=O) groups is 2. The Labute approximate surface area is 137 Å². The molecule has 1 N–H and O–H groups in total. The highest BCUT2D eigenvalue weighted by atomic mass is 16.5. The lowest BCUT2D eigenvalue weighted by Crippen LogP contribution is -2.55. The van der Waals surface area contributed by atoms with Gasteiger partial charge < -0.3 is 19.9 Å². The molecule has 2 amide bonds. The predicted octanol–water partition coefficient (Wildman–Crippen LogP) is 0.224. The molecular weight excluding hydrogens is 294 g/mol. The van der Waals surface area contributed by atoms with Gasteiger partial charge in [0, 0.05) is 39.3 Å². The van der Waals surface area contributed by atoms with Gasteiger partial charge in [-0.05, 0) is 43.9 Å². The van der Waals surface area contributed by atoms with Gasteiger partial charge in [-0.1, -0.05) is 0 Å². The summed E-state index contributed by atoms with van der Waals surface area (Å²) in [5.41, 5.74) is 0. The van der Waals surface area contributed by atoms with E-state index in [0.717, 1.165) is 58.3 Å². The summed E-state index contributed by atoms with van der Waals surface area (Å²) in [5, 5.41) is 3.41. The van der Waals surface area contributed by atoms with Crippen LogP contribution < -0.4 is 5.32 Å². The van der Waals surface area contributed by atoms with E-state index in [0.29, 0.717) is 25.0 Å². The van der Waals surface area contributed by atoms with E-state index in [-0.39, 0.29) is 24.0 Å². The Morgan fingerprint density at radius 1 is 0.957 bits per heavy atom. The smallest absolute Gasteiger partial charge is 0.252 e. The molecule has 6 nitrogen and oxygen atoms in total. The largest absolute Gasteiger partial charge is 0.368 e. The zero-order valence-electron chi connectivity index (χ0n) is 13.7. The van der Waals surface area contributed by atoms with Gasteiger partial charge >= 0.3 is 0 Å². The highest BCUT2D eigenvalue weighted by molar-refractivity contribution is 5.90. The van der Waals surface area contributed by atoms with Gasteiger partial charge in [0.25, 0.3) is 5.91 Å². The van der Waals surface area contributed by atoms with Crippen molar-refractivity contribution in [2.45, 2.75) is 44.2 Å². The Balaban J connectivity index is 1.44. The van der Waals surface area contributed by atoms with Crippen LogP contribution in [-0.2, 0) is 14.3 Å². The molecule has 0 aromatic rings. The Bertz CT molecular complexity index is 466. The van der Waals surface area contributed by atoms with Crippen LogP contribution in [0.1, 0.15) is 32.1 Å². The van der Waals surface area contributed by atoms with E-state index in [9.17, 15) is 9.59 Å². The molecular formula is C17H27N3O3. The summed E-state index contributed by atoms with van der Waals surface area (Å²) in [4.78, 5) is 29.6. The van der Waals surface area contributed by atoms with Crippen LogP contribution in [-0.4, -0.2) is 73.1 Å². The van der Waals surface area contributed by atoms with Crippen LogP contribution >= 0.6 is 0 Å². The third-order valence-electron chi connectivity index (χ3n) is 5.98. The topological polar surface area (TPSA) is 61.9 Å². The van der Waals surface area contributed by atoms with E-state index in [1.165, 1.54) is 0 Å². The molecule has 4 fully saturated rings. The first kappa shape index (κ1) is 15.4. The number of nitrogens with zero attached hydrogens (tertiary/aromatic N) is 2. The number of fused-ring (bicyclic) bond motifs is 1. The van der Waals surface area contributed by atoms with Crippen LogP contribution in [0.25, 0.3) is 0 Å². The molecule has 0 aromatic carbocycles. The molecule has 0 bridgehead atoms. The third kappa shape index (κ3) is 2.87. The fourth-order valence-electron chi connectivity index (χ4n) is 4.66. The molecule has 0 spiro atoms. The van der Waals surface area contributed by atoms with Gasteiger partial charge in [-0.3, -0.25) is 9.59 Å². The average Bonchev–Trinajstić information content (AvgIpc) is 3.29. The summed E-state index contributed by atoms with van der Waals surface area (Å²) in [7, 11) is 0. The van der Waals surface area contributed by atoms with Crippen molar-refractivity contribution in [3.63, 3.8) is 0 Å². The Kier molecular flexibility index (Phi) is 4.28. The van der Waals surface area contributed by atoms with E-state index in [1.807, 2.05) is 9.80 Å². The van der Waals surface area contributed by atoms with Gasteiger partial charge in [-0.15, -0.1) is 0 Å². The van der Waals surface area contributed by atoms with Crippen LogP contribution in [0.5, 0.6) is 0 Å². The first-order chi connectivity index (χ1) is 11.2. The normalized spacial score (nSPS) is 37.2. The van der Waals surface area contributed by atoms with E-state index in [4.69, 9.17) is 4.74 Å². The number of ether oxygens (including phenoxy) is 1. The quantitative estimate of drug-likeness (QED) is 0.791. The van der Waals surface area contributed by atoms with Crippen molar-refractivity contribution in [3.8, 4) is 0 Å². The summed E-state index contributed by atoms with van der Waals surface area (Å²) in [5.74, 6) is 1.42. The highest BCUT2D eigenvalue weighted by Gasteiger charge is 2.43. The lowest BCUT2D eigenvalue weighted by Gasteiger charge is -2.38. The lowest BCUT2D eigenvalue weighted by molar-refractivity contribution is -0.153. The Hall–Kier alpha value is -1.14. The number of hydrogen-bond donors (Lipinski definition) is 1. The van der Waals surface area contributed by atoms with Gasteiger partial charge in [0.2, 0.25) is 5.91 Å². The monoisotopic (exact) mass is 321 g/mol. The zero-order chi connectivity index (χ0) is 15.8. The molecule has 4 aliphatic heterocycles. The molecule has 0 unspecified atom stereocenters. The number of nitrogens with one attached hydrogen (secondary N) is 1. The van der Waals surface area contributed by atoms with Crippen molar-refractivity contribution >= 4 is 11.8 Å². The maximum absolute atomic E-state index is 13.0. The minimum Gasteiger partial charge on any atom is -0.368 e. The van der Waals surface area contributed by atoms with Crippen molar-refractivity contribution in [1.29, 1.82) is 0 Å². The number of piperidine rings is 1. The van der Waals surface area contributed by atoms with Crippen molar-refractivity contribution in [2.75, 3.05) is 39.3 Å². The number of carbonyl (C=O) groups excluding carboxylic acids is 2. The maximum Gasteiger partial charge on any atom is 0.252 e. The summed E-state index contributed by atoms with van der Waals surface area (Å²) in [6.45, 7) is 5.14. The first-order valence-corrected chi connectivity index (χ1v) is 9.15. The van der Waals surface area contributed by atoms with E-state index in [2.05, 4.69) is 5.32 Å². The molecule has 6 heteroatoms. The van der Waals surface area contributed by atoms with Gasteiger partial charge in [-0.25, -0.2) is 0 Å². The molecule has 128 valence electrons. The van der Waals surface area contributed by atoms with Gasteiger partial charge in [0.1, 0.15) is 12.1 Å². The van der Waals surface area contributed by atoms with Crippen LogP contribution in [0.15, 0.2) is 0 Å². The Morgan fingerprint density at radius 3 is 2.43 bits per heavy atom. The van der Waals surface area contributed by atoms with E-state index < -0.39 is 0 Å². The molecule has 4 rings (SSSR count). The van der Waals surface area contributed by atoms with Gasteiger partial charge in [0.15, 0.2) is 0 Å². The molecule has 0 aromatic heterocycles. The predicted molar refractivity (Wildman–Crippen MR) is 84.8 cm³/mol. The summed E-state index contributed by atoms with van der Waals surface area (Å²) >= 11 is 0. The maximum atomic E-state index is 13.0. The number of hydrogen-bond acceptors (Lipinski definition) is 4. The second-order valence-electron chi connectivity index (χ2n) is 7.47. The van der Waals surface area contributed by atoms with Crippen molar-refractivity contribution < 1.29 is 14.3 Å². The molecule has 4 saturated heterocycles. The average molecular weight is 321 g/mol. The summed E-state index contributed by atoms with van der Waals surface area (Å²) in [6, 6.07) is -0.257. The van der Waals surface area contributed by atoms with E-state index >= 15 is 0 Å². The molecule has 0 radical (unpaired) electrons. The van der Waals surface area contributed by atoms with Crippen molar-refractivity contribution in [1.82, 2.24) is 15.1 Å². The third-order valence-corrected chi connectivity index (χ3v) is 5.98. The minimum atomic E-state index is -0.314. The molecule has 23 heavy (non-hydrogen) atoms. The molecule has 0 aliphatic carbocycles. The Morgan fingerprint density at radius 2 is 1.74 bits per heavy atom. The first-order valence-electron chi connectivity index (χ1n) is 9.15. The molecule has 4 heterocycles. The summed E-state index contributed by atoms with van der Waals surface area (Å²) in [6.07, 6.45) is 4.28. The standard InChI is InChI=1S/C17H27N3O3/c21-16(19-10-12-8-18-9-13(12)11-19)14-4-1-2-6-20(14)17(22)15-5-3-7-23-15/h12-15,18H,1-11H2/t12-,13+,14-,15+/m0/s1. The second-order valence-corrected chi connectivity index (χ2v) is 7.47. The van der Waals surface area contributed by atoms with Crippen molar-refractivity contribution in [3.05, 3.63) is 0 Å². The summed E-state index contributed by atoms with van der Waals surface area (Å²) < 4.78 is 5.56. The number of rotatable bonds is 2. The molecule has 4 aliphatic rings. The van der Waals surface area contributed by atoms with Crippen molar-refractivity contribution in [2.24, 2.45) is 11.8 Å². The number of amides is 2. The van der Waals surface area contributed by atoms with Gasteiger partial charge in [0.05, 0.1) is 0 Å². The molecule has 0 saturated carbocycles. The SMILES string of the molecule is O=C([C@@H]1CCCCN1C(=O)[C@H]1CCCO1)N1C[C@H]2CNC[C@H]2C1. The van der Waals surface area contributed by atoms with Crippen LogP contribution in [0.3, 0.4) is 0 Å². The van der Waals surface area contributed by atoms with Crippen LogP contribution in [0.2, 0.25) is 0 Å². The second kappa shape index (κ2) is 6.40. The van der Waals surface area contributed by atoms with Gasteiger partial charge in [-0.2, -0.15) is 0 Å². The number of likely N-dealkylation sites (tertiary alicyclic amines) is 2. The fraction of sp³-hybridized carbons (Fsp3) is 0.882. The fourth-order valence-corrected chi connectivity index (χ4v) is 4.66. The zero-order valence-corrected chi connectivity index (χ0v) is 13.7. The highest BCUT2D eigenvalue weighted by Crippen LogP contribution is 2.29. The lowest BCUT2D eigenvalue weighted by atomic mass is 9.99. The van der Waals surface area contributed by atoms with Crippen LogP contribution in [0.4, 0.5) is 0 Å². The minimum absolute atomic E-state index is 0.0432. The van der Waals surface area contributed by atoms with Crippen LogP contribution in [0, 0.1) is 11.8 Å².